The maximum absolute atomic E-state index is 11.7. The first-order chi connectivity index (χ1) is 8.02. The molecule has 92 valence electrons. The first-order valence-electron chi connectivity index (χ1n) is 5.46. The van der Waals surface area contributed by atoms with Crippen molar-refractivity contribution in [2.24, 2.45) is 0 Å². The average Bonchev–Trinajstić information content (AvgIpc) is 2.58. The number of nitrogens with one attached hydrogen (secondary N) is 1. The highest BCUT2D eigenvalue weighted by Crippen LogP contribution is 2.17. The summed E-state index contributed by atoms with van der Waals surface area (Å²) < 4.78 is 27.8. The Kier molecular flexibility index (Phi) is 3.06. The Morgan fingerprint density at radius 2 is 2.24 bits per heavy atom. The topological polar surface area (TPSA) is 63.5 Å². The molecule has 5 nitrogen and oxygen atoms in total. The van der Waals surface area contributed by atoms with E-state index in [0.717, 1.165) is 5.69 Å². The second kappa shape index (κ2) is 4.37. The van der Waals surface area contributed by atoms with Crippen molar-refractivity contribution in [3.8, 4) is 0 Å². The standard InChI is InChI=1S/C11H15N3O2S/c1-3-7-17(15,16)13-10-5-4-6-14-8-9(2)12-11(10)14/h4-6,8,13H,3,7H2,1-2H3. The molecule has 2 aromatic rings. The Hall–Kier alpha value is -1.56. The molecule has 0 atom stereocenters. The lowest BCUT2D eigenvalue weighted by molar-refractivity contribution is 0.600. The van der Waals surface area contributed by atoms with Gasteiger partial charge in [-0.1, -0.05) is 6.92 Å². The number of rotatable bonds is 4. The lowest BCUT2D eigenvalue weighted by atomic mass is 10.4. The summed E-state index contributed by atoms with van der Waals surface area (Å²) in [7, 11) is -3.27. The van der Waals surface area contributed by atoms with Gasteiger partial charge >= 0.3 is 0 Å². The maximum Gasteiger partial charge on any atom is 0.232 e. The van der Waals surface area contributed by atoms with Crippen molar-refractivity contribution >= 4 is 21.4 Å². The summed E-state index contributed by atoms with van der Waals surface area (Å²) in [5.41, 5.74) is 2.01. The number of sulfonamides is 1. The molecule has 0 aliphatic heterocycles. The fourth-order valence-corrected chi connectivity index (χ4v) is 2.84. The molecule has 2 aromatic heterocycles. The van der Waals surface area contributed by atoms with Gasteiger partial charge in [-0.15, -0.1) is 0 Å². The highest BCUT2D eigenvalue weighted by atomic mass is 32.2. The fraction of sp³-hybridized carbons (Fsp3) is 0.364. The van der Waals surface area contributed by atoms with Crippen molar-refractivity contribution in [1.82, 2.24) is 9.38 Å². The minimum atomic E-state index is -3.27. The van der Waals surface area contributed by atoms with E-state index >= 15 is 0 Å². The van der Waals surface area contributed by atoms with Gasteiger partial charge in [0.25, 0.3) is 0 Å². The van der Waals surface area contributed by atoms with Crippen LogP contribution in [0.15, 0.2) is 24.5 Å². The van der Waals surface area contributed by atoms with Gasteiger partial charge in [-0.2, -0.15) is 0 Å². The molecule has 0 bridgehead atoms. The van der Waals surface area contributed by atoms with Crippen molar-refractivity contribution in [2.75, 3.05) is 10.5 Å². The Balaban J connectivity index is 2.42. The van der Waals surface area contributed by atoms with Gasteiger partial charge in [-0.25, -0.2) is 13.4 Å². The van der Waals surface area contributed by atoms with E-state index in [1.54, 1.807) is 16.5 Å². The van der Waals surface area contributed by atoms with Crippen LogP contribution in [0.1, 0.15) is 19.0 Å². The normalized spacial score (nSPS) is 11.9. The molecule has 0 spiro atoms. The summed E-state index contributed by atoms with van der Waals surface area (Å²) in [5.74, 6) is 0.119. The minimum absolute atomic E-state index is 0.119. The number of nitrogens with zero attached hydrogens (tertiary/aromatic N) is 2. The number of imidazole rings is 1. The van der Waals surface area contributed by atoms with Crippen LogP contribution in [-0.2, 0) is 10.0 Å². The minimum Gasteiger partial charge on any atom is -0.305 e. The molecule has 0 fully saturated rings. The van der Waals surface area contributed by atoms with Crippen LogP contribution in [0, 0.1) is 6.92 Å². The number of aryl methyl sites for hydroxylation is 1. The molecular formula is C11H15N3O2S. The second-order valence-electron chi connectivity index (χ2n) is 3.96. The third-order valence-corrected chi connectivity index (χ3v) is 3.82. The number of aromatic nitrogens is 2. The Morgan fingerprint density at radius 1 is 1.47 bits per heavy atom. The predicted octanol–water partition coefficient (Wildman–Crippen LogP) is 1.79. The molecule has 0 aliphatic carbocycles. The molecule has 2 heterocycles. The highest BCUT2D eigenvalue weighted by Gasteiger charge is 2.12. The van der Waals surface area contributed by atoms with Gasteiger partial charge in [0, 0.05) is 12.4 Å². The van der Waals surface area contributed by atoms with Gasteiger partial charge in [-0.3, -0.25) is 4.72 Å². The van der Waals surface area contributed by atoms with Crippen LogP contribution in [0.5, 0.6) is 0 Å². The zero-order chi connectivity index (χ0) is 12.5. The van der Waals surface area contributed by atoms with Crippen molar-refractivity contribution in [2.45, 2.75) is 20.3 Å². The molecule has 0 aromatic carbocycles. The van der Waals surface area contributed by atoms with Gasteiger partial charge in [0.2, 0.25) is 10.0 Å². The average molecular weight is 253 g/mol. The molecule has 17 heavy (non-hydrogen) atoms. The Labute approximate surface area is 101 Å². The lowest BCUT2D eigenvalue weighted by Gasteiger charge is -2.07. The van der Waals surface area contributed by atoms with Gasteiger partial charge in [0.15, 0.2) is 5.65 Å². The van der Waals surface area contributed by atoms with Crippen LogP contribution in [-0.4, -0.2) is 23.6 Å². The summed E-state index contributed by atoms with van der Waals surface area (Å²) in [6, 6.07) is 3.51. The zero-order valence-electron chi connectivity index (χ0n) is 9.84. The number of anilines is 1. The lowest BCUT2D eigenvalue weighted by Crippen LogP contribution is -2.16. The van der Waals surface area contributed by atoms with Crippen LogP contribution in [0.25, 0.3) is 5.65 Å². The number of pyridine rings is 1. The van der Waals surface area contributed by atoms with Gasteiger partial charge < -0.3 is 4.40 Å². The molecule has 0 radical (unpaired) electrons. The molecular weight excluding hydrogens is 238 g/mol. The summed E-state index contributed by atoms with van der Waals surface area (Å²) in [4.78, 5) is 4.29. The van der Waals surface area contributed by atoms with E-state index in [0.29, 0.717) is 17.8 Å². The van der Waals surface area contributed by atoms with E-state index < -0.39 is 10.0 Å². The van der Waals surface area contributed by atoms with Crippen molar-refractivity contribution in [1.29, 1.82) is 0 Å². The highest BCUT2D eigenvalue weighted by molar-refractivity contribution is 7.92. The number of hydrogen-bond acceptors (Lipinski definition) is 3. The monoisotopic (exact) mass is 253 g/mol. The van der Waals surface area contributed by atoms with E-state index in [2.05, 4.69) is 9.71 Å². The summed E-state index contributed by atoms with van der Waals surface area (Å²) in [5, 5.41) is 0. The molecule has 0 amide bonds. The van der Waals surface area contributed by atoms with Crippen LogP contribution >= 0.6 is 0 Å². The molecule has 2 rings (SSSR count). The first-order valence-corrected chi connectivity index (χ1v) is 7.12. The maximum atomic E-state index is 11.7. The van der Waals surface area contributed by atoms with Gasteiger partial charge in [0.1, 0.15) is 0 Å². The third kappa shape index (κ3) is 2.58. The van der Waals surface area contributed by atoms with E-state index in [9.17, 15) is 8.42 Å². The van der Waals surface area contributed by atoms with Crippen molar-refractivity contribution in [3.63, 3.8) is 0 Å². The van der Waals surface area contributed by atoms with Crippen LogP contribution in [0.2, 0.25) is 0 Å². The molecule has 0 saturated carbocycles. The quantitative estimate of drug-likeness (QED) is 0.903. The summed E-state index contributed by atoms with van der Waals surface area (Å²) in [6.45, 7) is 3.71. The van der Waals surface area contributed by atoms with Crippen LogP contribution < -0.4 is 4.72 Å². The largest absolute Gasteiger partial charge is 0.305 e. The number of fused-ring (bicyclic) bond motifs is 1. The predicted molar refractivity (Wildman–Crippen MR) is 67.6 cm³/mol. The van der Waals surface area contributed by atoms with E-state index in [-0.39, 0.29) is 5.75 Å². The van der Waals surface area contributed by atoms with Crippen molar-refractivity contribution < 1.29 is 8.42 Å². The fourth-order valence-electron chi connectivity index (χ4n) is 1.70. The number of hydrogen-bond donors (Lipinski definition) is 1. The van der Waals surface area contributed by atoms with Gasteiger partial charge in [0.05, 0.1) is 17.1 Å². The van der Waals surface area contributed by atoms with E-state index in [1.165, 1.54) is 0 Å². The molecule has 0 saturated heterocycles. The van der Waals surface area contributed by atoms with Crippen molar-refractivity contribution in [3.05, 3.63) is 30.2 Å². The van der Waals surface area contributed by atoms with E-state index in [1.807, 2.05) is 26.2 Å². The smallest absolute Gasteiger partial charge is 0.232 e. The molecule has 6 heteroatoms. The summed E-state index contributed by atoms with van der Waals surface area (Å²) in [6.07, 6.45) is 4.28. The Morgan fingerprint density at radius 3 is 2.94 bits per heavy atom. The van der Waals surface area contributed by atoms with Gasteiger partial charge in [-0.05, 0) is 25.5 Å². The SMILES string of the molecule is CCCS(=O)(=O)Nc1cccn2cc(C)nc12. The third-order valence-electron chi connectivity index (χ3n) is 2.34. The summed E-state index contributed by atoms with van der Waals surface area (Å²) >= 11 is 0. The Bertz CT molecular complexity index is 631. The molecule has 1 N–H and O–H groups in total. The molecule has 0 aliphatic rings. The zero-order valence-corrected chi connectivity index (χ0v) is 10.7. The van der Waals surface area contributed by atoms with Crippen LogP contribution in [0.3, 0.4) is 0 Å². The van der Waals surface area contributed by atoms with E-state index in [4.69, 9.17) is 0 Å². The van der Waals surface area contributed by atoms with Crippen LogP contribution in [0.4, 0.5) is 5.69 Å². The second-order valence-corrected chi connectivity index (χ2v) is 5.80. The molecule has 0 unspecified atom stereocenters. The first kappa shape index (κ1) is 11.9.